The number of hydrogen-bond acceptors (Lipinski definition) is 1. The van der Waals surface area contributed by atoms with Crippen LogP contribution in [0, 0.1) is 9.39 Å². The van der Waals surface area contributed by atoms with Gasteiger partial charge in [-0.15, -0.1) is 0 Å². The summed E-state index contributed by atoms with van der Waals surface area (Å²) in [6.07, 6.45) is 3.36. The SMILES string of the molecule is CCCCC(Nc1cccc(I)c1)c1ccc(F)cc1. The Morgan fingerprint density at radius 3 is 2.55 bits per heavy atom. The predicted octanol–water partition coefficient (Wildman–Crippen LogP) is 5.77. The molecule has 1 atom stereocenters. The van der Waals surface area contributed by atoms with Gasteiger partial charge in [0, 0.05) is 9.26 Å². The summed E-state index contributed by atoms with van der Waals surface area (Å²) >= 11 is 2.31. The molecule has 0 aliphatic carbocycles. The van der Waals surface area contributed by atoms with Crippen LogP contribution in [-0.2, 0) is 0 Å². The molecule has 2 aromatic carbocycles. The lowest BCUT2D eigenvalue weighted by atomic mass is 10.0. The van der Waals surface area contributed by atoms with Gasteiger partial charge in [-0.3, -0.25) is 0 Å². The fourth-order valence-corrected chi connectivity index (χ4v) is 2.75. The van der Waals surface area contributed by atoms with Crippen molar-refractivity contribution in [2.75, 3.05) is 5.32 Å². The molecule has 0 amide bonds. The van der Waals surface area contributed by atoms with Crippen LogP contribution in [0.15, 0.2) is 48.5 Å². The first-order chi connectivity index (χ1) is 9.69. The van der Waals surface area contributed by atoms with Gasteiger partial charge in [0.25, 0.3) is 0 Å². The maximum Gasteiger partial charge on any atom is 0.123 e. The normalized spacial score (nSPS) is 12.2. The Morgan fingerprint density at radius 2 is 1.90 bits per heavy atom. The van der Waals surface area contributed by atoms with Crippen LogP contribution < -0.4 is 5.32 Å². The molecular weight excluding hydrogens is 364 g/mol. The Balaban J connectivity index is 2.16. The first kappa shape index (κ1) is 15.3. The highest BCUT2D eigenvalue weighted by Gasteiger charge is 2.11. The Morgan fingerprint density at radius 1 is 1.15 bits per heavy atom. The Bertz CT molecular complexity index is 539. The van der Waals surface area contributed by atoms with Crippen LogP contribution in [0.3, 0.4) is 0 Å². The molecule has 0 fully saturated rings. The van der Waals surface area contributed by atoms with E-state index in [0.29, 0.717) is 0 Å². The van der Waals surface area contributed by atoms with Gasteiger partial charge in [-0.2, -0.15) is 0 Å². The van der Waals surface area contributed by atoms with E-state index in [1.807, 2.05) is 18.2 Å². The number of benzene rings is 2. The standard InChI is InChI=1S/C17H19FIN/c1-2-3-7-17(13-8-10-14(18)11-9-13)20-16-6-4-5-15(19)12-16/h4-6,8-12,17,20H,2-3,7H2,1H3. The Hall–Kier alpha value is -1.10. The highest BCUT2D eigenvalue weighted by molar-refractivity contribution is 14.1. The topological polar surface area (TPSA) is 12.0 Å². The van der Waals surface area contributed by atoms with Crippen molar-refractivity contribution in [3.8, 4) is 0 Å². The summed E-state index contributed by atoms with van der Waals surface area (Å²) in [7, 11) is 0. The first-order valence-corrected chi connectivity index (χ1v) is 8.04. The number of nitrogens with one attached hydrogen (secondary N) is 1. The Kier molecular flexibility index (Phi) is 5.83. The van der Waals surface area contributed by atoms with Crippen molar-refractivity contribution in [1.82, 2.24) is 0 Å². The third-order valence-corrected chi connectivity index (χ3v) is 3.96. The van der Waals surface area contributed by atoms with Crippen LogP contribution in [0.4, 0.5) is 10.1 Å². The fraction of sp³-hybridized carbons (Fsp3) is 0.294. The van der Waals surface area contributed by atoms with Crippen molar-refractivity contribution in [3.05, 3.63) is 63.5 Å². The van der Waals surface area contributed by atoms with Gasteiger partial charge in [0.05, 0.1) is 6.04 Å². The zero-order chi connectivity index (χ0) is 14.4. The number of rotatable bonds is 6. The van der Waals surface area contributed by atoms with Crippen LogP contribution in [0.5, 0.6) is 0 Å². The zero-order valence-electron chi connectivity index (χ0n) is 11.6. The Labute approximate surface area is 133 Å². The maximum atomic E-state index is 13.1. The van der Waals surface area contributed by atoms with Crippen LogP contribution in [-0.4, -0.2) is 0 Å². The summed E-state index contributed by atoms with van der Waals surface area (Å²) in [6, 6.07) is 15.4. The second-order valence-electron chi connectivity index (χ2n) is 4.90. The molecule has 0 aliphatic heterocycles. The van der Waals surface area contributed by atoms with Gasteiger partial charge in [-0.1, -0.05) is 38.0 Å². The van der Waals surface area contributed by atoms with E-state index < -0.39 is 0 Å². The number of halogens is 2. The summed E-state index contributed by atoms with van der Waals surface area (Å²) in [5.74, 6) is -0.183. The van der Waals surface area contributed by atoms with Gasteiger partial charge in [0.2, 0.25) is 0 Å². The highest BCUT2D eigenvalue weighted by Crippen LogP contribution is 2.25. The molecule has 3 heteroatoms. The van der Waals surface area contributed by atoms with Gasteiger partial charge in [0.1, 0.15) is 5.82 Å². The molecule has 2 rings (SSSR count). The molecule has 0 saturated heterocycles. The molecule has 0 bridgehead atoms. The van der Waals surface area contributed by atoms with E-state index in [2.05, 4.69) is 53.0 Å². The minimum atomic E-state index is -0.183. The lowest BCUT2D eigenvalue weighted by Crippen LogP contribution is -2.11. The smallest absolute Gasteiger partial charge is 0.123 e. The van der Waals surface area contributed by atoms with E-state index in [0.717, 1.165) is 30.5 Å². The van der Waals surface area contributed by atoms with Gasteiger partial charge in [-0.05, 0) is 64.9 Å². The molecule has 0 heterocycles. The van der Waals surface area contributed by atoms with Gasteiger partial charge < -0.3 is 5.32 Å². The molecular formula is C17H19FIN. The van der Waals surface area contributed by atoms with Crippen LogP contribution in [0.25, 0.3) is 0 Å². The molecule has 0 radical (unpaired) electrons. The van der Waals surface area contributed by atoms with Crippen LogP contribution >= 0.6 is 22.6 Å². The van der Waals surface area contributed by atoms with Crippen LogP contribution in [0.1, 0.15) is 37.8 Å². The predicted molar refractivity (Wildman–Crippen MR) is 91.4 cm³/mol. The molecule has 2 aromatic rings. The summed E-state index contributed by atoms with van der Waals surface area (Å²) in [6.45, 7) is 2.19. The van der Waals surface area contributed by atoms with E-state index in [1.54, 1.807) is 0 Å². The van der Waals surface area contributed by atoms with E-state index in [4.69, 9.17) is 0 Å². The van der Waals surface area contributed by atoms with Crippen molar-refractivity contribution < 1.29 is 4.39 Å². The summed E-state index contributed by atoms with van der Waals surface area (Å²) < 4.78 is 14.3. The minimum Gasteiger partial charge on any atom is -0.378 e. The second kappa shape index (κ2) is 7.62. The molecule has 20 heavy (non-hydrogen) atoms. The zero-order valence-corrected chi connectivity index (χ0v) is 13.7. The number of anilines is 1. The van der Waals surface area contributed by atoms with E-state index in [1.165, 1.54) is 15.7 Å². The largest absolute Gasteiger partial charge is 0.378 e. The van der Waals surface area contributed by atoms with Gasteiger partial charge in [0.15, 0.2) is 0 Å². The molecule has 0 saturated carbocycles. The van der Waals surface area contributed by atoms with Gasteiger partial charge >= 0.3 is 0 Å². The fourth-order valence-electron chi connectivity index (χ4n) is 2.20. The lowest BCUT2D eigenvalue weighted by molar-refractivity contribution is 0.616. The molecule has 0 spiro atoms. The molecule has 1 nitrogen and oxygen atoms in total. The molecule has 1 N–H and O–H groups in total. The molecule has 1 unspecified atom stereocenters. The van der Waals surface area contributed by atoms with E-state index in [9.17, 15) is 4.39 Å². The monoisotopic (exact) mass is 383 g/mol. The molecule has 0 aromatic heterocycles. The van der Waals surface area contributed by atoms with Crippen LogP contribution in [0.2, 0.25) is 0 Å². The van der Waals surface area contributed by atoms with Crippen molar-refractivity contribution >= 4 is 28.3 Å². The van der Waals surface area contributed by atoms with Crippen molar-refractivity contribution in [1.29, 1.82) is 0 Å². The second-order valence-corrected chi connectivity index (χ2v) is 6.15. The first-order valence-electron chi connectivity index (χ1n) is 6.96. The average molecular weight is 383 g/mol. The number of unbranched alkanes of at least 4 members (excludes halogenated alkanes) is 1. The summed E-state index contributed by atoms with van der Waals surface area (Å²) in [4.78, 5) is 0. The van der Waals surface area contributed by atoms with E-state index in [-0.39, 0.29) is 11.9 Å². The third kappa shape index (κ3) is 4.47. The third-order valence-electron chi connectivity index (χ3n) is 3.28. The van der Waals surface area contributed by atoms with Crippen molar-refractivity contribution in [2.24, 2.45) is 0 Å². The van der Waals surface area contributed by atoms with Crippen molar-refractivity contribution in [2.45, 2.75) is 32.2 Å². The van der Waals surface area contributed by atoms with Crippen molar-refractivity contribution in [3.63, 3.8) is 0 Å². The highest BCUT2D eigenvalue weighted by atomic mass is 127. The minimum absolute atomic E-state index is 0.183. The maximum absolute atomic E-state index is 13.1. The van der Waals surface area contributed by atoms with Gasteiger partial charge in [-0.25, -0.2) is 4.39 Å². The molecule has 106 valence electrons. The van der Waals surface area contributed by atoms with E-state index >= 15 is 0 Å². The lowest BCUT2D eigenvalue weighted by Gasteiger charge is -2.20. The quantitative estimate of drug-likeness (QED) is 0.624. The number of hydrogen-bond donors (Lipinski definition) is 1. The average Bonchev–Trinajstić information content (AvgIpc) is 2.44. The summed E-state index contributed by atoms with van der Waals surface area (Å²) in [5, 5.41) is 3.56. The molecule has 0 aliphatic rings. The summed E-state index contributed by atoms with van der Waals surface area (Å²) in [5.41, 5.74) is 2.25.